The molecule has 0 atom stereocenters. The average Bonchev–Trinajstić information content (AvgIpc) is 2.91. The number of amides is 2. The predicted octanol–water partition coefficient (Wildman–Crippen LogP) is 2.18. The van der Waals surface area contributed by atoms with Gasteiger partial charge in [-0.05, 0) is 30.7 Å². The minimum atomic E-state index is -0.358. The molecule has 1 saturated heterocycles. The van der Waals surface area contributed by atoms with E-state index in [1.807, 2.05) is 0 Å². The molecule has 0 saturated carbocycles. The van der Waals surface area contributed by atoms with E-state index in [0.29, 0.717) is 37.5 Å². The zero-order valence-corrected chi connectivity index (χ0v) is 13.4. The van der Waals surface area contributed by atoms with E-state index in [4.69, 9.17) is 4.42 Å². The second-order valence-electron chi connectivity index (χ2n) is 5.69. The molecule has 1 aliphatic heterocycles. The highest BCUT2D eigenvalue weighted by atomic mass is 19.1. The van der Waals surface area contributed by atoms with Crippen LogP contribution in [-0.4, -0.2) is 52.8 Å². The average molecular weight is 331 g/mol. The lowest BCUT2D eigenvalue weighted by molar-refractivity contribution is -0.128. The molecule has 1 aliphatic rings. The molecule has 2 heterocycles. The van der Waals surface area contributed by atoms with Gasteiger partial charge in [-0.2, -0.15) is 0 Å². The number of carbonyl (C=O) groups is 2. The van der Waals surface area contributed by atoms with Gasteiger partial charge in [0.05, 0.1) is 0 Å². The van der Waals surface area contributed by atoms with Crippen molar-refractivity contribution in [3.63, 3.8) is 0 Å². The van der Waals surface area contributed by atoms with Gasteiger partial charge in [0.15, 0.2) is 17.8 Å². The lowest BCUT2D eigenvalue weighted by Crippen LogP contribution is -2.36. The summed E-state index contributed by atoms with van der Waals surface area (Å²) in [6.07, 6.45) is 1.93. The van der Waals surface area contributed by atoms with E-state index >= 15 is 0 Å². The summed E-state index contributed by atoms with van der Waals surface area (Å²) in [6, 6.07) is 5.71. The van der Waals surface area contributed by atoms with Gasteiger partial charge in [-0.15, -0.1) is 0 Å². The first-order valence-corrected chi connectivity index (χ1v) is 7.80. The quantitative estimate of drug-likeness (QED) is 0.846. The van der Waals surface area contributed by atoms with E-state index < -0.39 is 0 Å². The molecular weight excluding hydrogens is 313 g/mol. The highest BCUT2D eigenvalue weighted by Crippen LogP contribution is 2.24. The Balaban J connectivity index is 1.80. The first-order chi connectivity index (χ1) is 11.6. The Morgan fingerprint density at radius 2 is 1.75 bits per heavy atom. The third-order valence-electron chi connectivity index (χ3n) is 4.10. The van der Waals surface area contributed by atoms with Crippen molar-refractivity contribution in [2.45, 2.75) is 13.3 Å². The maximum atomic E-state index is 13.1. The van der Waals surface area contributed by atoms with Crippen LogP contribution in [-0.2, 0) is 4.79 Å². The van der Waals surface area contributed by atoms with Crippen LogP contribution in [0.4, 0.5) is 4.39 Å². The van der Waals surface area contributed by atoms with Crippen molar-refractivity contribution in [2.75, 3.05) is 26.2 Å². The molecule has 0 aliphatic carbocycles. The van der Waals surface area contributed by atoms with Crippen LogP contribution >= 0.6 is 0 Å². The molecule has 0 spiro atoms. The van der Waals surface area contributed by atoms with Gasteiger partial charge < -0.3 is 14.2 Å². The Hall–Kier alpha value is -2.70. The van der Waals surface area contributed by atoms with Crippen molar-refractivity contribution < 1.29 is 18.4 Å². The molecule has 2 aromatic rings. The van der Waals surface area contributed by atoms with Crippen molar-refractivity contribution in [3.05, 3.63) is 42.2 Å². The van der Waals surface area contributed by atoms with Crippen LogP contribution in [0, 0.1) is 5.82 Å². The van der Waals surface area contributed by atoms with Gasteiger partial charge in [-0.1, -0.05) is 0 Å². The van der Waals surface area contributed by atoms with Crippen LogP contribution in [0.3, 0.4) is 0 Å². The highest BCUT2D eigenvalue weighted by Gasteiger charge is 2.26. The fourth-order valence-corrected chi connectivity index (χ4v) is 2.79. The fraction of sp³-hybridized carbons (Fsp3) is 0.353. The molecule has 0 bridgehead atoms. The summed E-state index contributed by atoms with van der Waals surface area (Å²) in [5.74, 6) is -0.262. The second kappa shape index (κ2) is 6.82. The Kier molecular flexibility index (Phi) is 4.59. The van der Waals surface area contributed by atoms with Gasteiger partial charge in [0.1, 0.15) is 5.82 Å². The number of carbonyl (C=O) groups excluding carboxylic acids is 2. The molecule has 3 rings (SSSR count). The molecule has 7 heteroatoms. The summed E-state index contributed by atoms with van der Waals surface area (Å²) >= 11 is 0. The minimum Gasteiger partial charge on any atom is -0.443 e. The molecule has 6 nitrogen and oxygen atoms in total. The zero-order valence-electron chi connectivity index (χ0n) is 13.4. The number of hydrogen-bond acceptors (Lipinski definition) is 4. The third kappa shape index (κ3) is 3.29. The van der Waals surface area contributed by atoms with Crippen LogP contribution in [0.15, 0.2) is 35.1 Å². The lowest BCUT2D eigenvalue weighted by Gasteiger charge is -2.20. The molecule has 1 aromatic heterocycles. The van der Waals surface area contributed by atoms with Crippen LogP contribution in [0.5, 0.6) is 0 Å². The van der Waals surface area contributed by atoms with E-state index in [2.05, 4.69) is 4.98 Å². The smallest absolute Gasteiger partial charge is 0.276 e. The SMILES string of the molecule is CC(=O)N1CCCN(C(=O)c2ncoc2-c2ccc(F)cc2)CC1. The molecule has 126 valence electrons. The standard InChI is InChI=1S/C17H18FN3O3/c1-12(22)20-7-2-8-21(10-9-20)17(23)15-16(24-11-19-15)13-3-5-14(18)6-4-13/h3-6,11H,2,7-10H2,1H3. The largest absolute Gasteiger partial charge is 0.443 e. The second-order valence-corrected chi connectivity index (χ2v) is 5.69. The number of nitrogens with zero attached hydrogens (tertiary/aromatic N) is 3. The van der Waals surface area contributed by atoms with Gasteiger partial charge in [0.25, 0.3) is 5.91 Å². The van der Waals surface area contributed by atoms with Crippen LogP contribution in [0.1, 0.15) is 23.8 Å². The van der Waals surface area contributed by atoms with E-state index in [0.717, 1.165) is 6.42 Å². The molecule has 0 radical (unpaired) electrons. The first-order valence-electron chi connectivity index (χ1n) is 7.80. The van der Waals surface area contributed by atoms with Crippen molar-refractivity contribution in [3.8, 4) is 11.3 Å². The van der Waals surface area contributed by atoms with Crippen molar-refractivity contribution in [2.24, 2.45) is 0 Å². The molecule has 1 fully saturated rings. The molecule has 2 amide bonds. The molecule has 0 unspecified atom stereocenters. The number of halogens is 1. The van der Waals surface area contributed by atoms with Gasteiger partial charge in [-0.3, -0.25) is 9.59 Å². The molecular formula is C17H18FN3O3. The maximum absolute atomic E-state index is 13.1. The van der Waals surface area contributed by atoms with Gasteiger partial charge in [0, 0.05) is 38.7 Å². The number of oxazole rings is 1. The number of rotatable bonds is 2. The maximum Gasteiger partial charge on any atom is 0.276 e. The molecule has 24 heavy (non-hydrogen) atoms. The Labute approximate surface area is 138 Å². The van der Waals surface area contributed by atoms with Gasteiger partial charge in [0.2, 0.25) is 5.91 Å². The first kappa shape index (κ1) is 16.2. The van der Waals surface area contributed by atoms with Crippen LogP contribution in [0.25, 0.3) is 11.3 Å². The Morgan fingerprint density at radius 3 is 2.46 bits per heavy atom. The van der Waals surface area contributed by atoms with Crippen molar-refractivity contribution >= 4 is 11.8 Å². The summed E-state index contributed by atoms with van der Waals surface area (Å²) in [4.78, 5) is 31.7. The summed E-state index contributed by atoms with van der Waals surface area (Å²) in [7, 11) is 0. The minimum absolute atomic E-state index is 0.0118. The third-order valence-corrected chi connectivity index (χ3v) is 4.10. The highest BCUT2D eigenvalue weighted by molar-refractivity contribution is 5.97. The fourth-order valence-electron chi connectivity index (χ4n) is 2.79. The predicted molar refractivity (Wildman–Crippen MR) is 84.7 cm³/mol. The number of benzene rings is 1. The number of aromatic nitrogens is 1. The summed E-state index contributed by atoms with van der Waals surface area (Å²) < 4.78 is 18.4. The molecule has 1 aromatic carbocycles. The van der Waals surface area contributed by atoms with E-state index in [1.54, 1.807) is 21.9 Å². The monoisotopic (exact) mass is 331 g/mol. The van der Waals surface area contributed by atoms with Gasteiger partial charge in [-0.25, -0.2) is 9.37 Å². The lowest BCUT2D eigenvalue weighted by atomic mass is 10.1. The van der Waals surface area contributed by atoms with Crippen LogP contribution < -0.4 is 0 Å². The van der Waals surface area contributed by atoms with Crippen molar-refractivity contribution in [1.29, 1.82) is 0 Å². The number of hydrogen-bond donors (Lipinski definition) is 0. The normalized spacial score (nSPS) is 15.2. The summed E-state index contributed by atoms with van der Waals surface area (Å²) in [6.45, 7) is 3.68. The van der Waals surface area contributed by atoms with E-state index in [9.17, 15) is 14.0 Å². The Bertz CT molecular complexity index is 742. The van der Waals surface area contributed by atoms with Crippen molar-refractivity contribution in [1.82, 2.24) is 14.8 Å². The topological polar surface area (TPSA) is 66.7 Å². The van der Waals surface area contributed by atoms with Gasteiger partial charge >= 0.3 is 0 Å². The van der Waals surface area contributed by atoms with Crippen LogP contribution in [0.2, 0.25) is 0 Å². The summed E-state index contributed by atoms with van der Waals surface area (Å²) in [5, 5.41) is 0. The van der Waals surface area contributed by atoms with E-state index in [-0.39, 0.29) is 23.3 Å². The summed E-state index contributed by atoms with van der Waals surface area (Å²) in [5.41, 5.74) is 0.801. The molecule has 0 N–H and O–H groups in total. The zero-order chi connectivity index (χ0) is 17.1. The van der Waals surface area contributed by atoms with E-state index in [1.165, 1.54) is 25.5 Å². The Morgan fingerprint density at radius 1 is 1.08 bits per heavy atom.